The summed E-state index contributed by atoms with van der Waals surface area (Å²) >= 11 is 0. The number of nitrogens with zero attached hydrogens (tertiary/aromatic N) is 2. The van der Waals surface area contributed by atoms with Crippen LogP contribution in [0.25, 0.3) is 0 Å². The third-order valence-electron chi connectivity index (χ3n) is 2.73. The van der Waals surface area contributed by atoms with Crippen LogP contribution in [0.3, 0.4) is 0 Å². The van der Waals surface area contributed by atoms with Crippen LogP contribution in [0.1, 0.15) is 19.8 Å². The van der Waals surface area contributed by atoms with Crippen LogP contribution in [0.4, 0.5) is 0 Å². The molecule has 0 aromatic rings. The van der Waals surface area contributed by atoms with E-state index in [-0.39, 0.29) is 5.60 Å². The standard InChI is InChI=1S/C9H17N3O/c1-9(13-2)5-12(6-9)8(10)11-7-3-4-7/h7H,3-6H2,1-2H3,(H2,10,11). The lowest BCUT2D eigenvalue weighted by Crippen LogP contribution is -2.64. The van der Waals surface area contributed by atoms with Gasteiger partial charge in [-0.3, -0.25) is 0 Å². The highest BCUT2D eigenvalue weighted by Gasteiger charge is 2.40. The second kappa shape index (κ2) is 2.87. The van der Waals surface area contributed by atoms with E-state index in [9.17, 15) is 0 Å². The van der Waals surface area contributed by atoms with E-state index in [2.05, 4.69) is 16.8 Å². The molecule has 1 heterocycles. The molecule has 13 heavy (non-hydrogen) atoms. The number of rotatable bonds is 2. The Hall–Kier alpha value is -0.770. The molecule has 2 N–H and O–H groups in total. The molecule has 1 aliphatic heterocycles. The van der Waals surface area contributed by atoms with Crippen LogP contribution in [0, 0.1) is 0 Å². The first kappa shape index (κ1) is 8.81. The van der Waals surface area contributed by atoms with E-state index in [4.69, 9.17) is 10.5 Å². The van der Waals surface area contributed by atoms with Gasteiger partial charge in [0, 0.05) is 7.11 Å². The zero-order valence-corrected chi connectivity index (χ0v) is 8.29. The maximum atomic E-state index is 5.82. The van der Waals surface area contributed by atoms with Crippen molar-refractivity contribution in [3.8, 4) is 0 Å². The number of hydrogen-bond acceptors (Lipinski definition) is 2. The van der Waals surface area contributed by atoms with Gasteiger partial charge in [-0.1, -0.05) is 0 Å². The Kier molecular flexibility index (Phi) is 1.95. The molecular weight excluding hydrogens is 166 g/mol. The van der Waals surface area contributed by atoms with Gasteiger partial charge in [0.25, 0.3) is 0 Å². The fourth-order valence-corrected chi connectivity index (χ4v) is 1.52. The number of aliphatic imine (C=N–C) groups is 1. The molecule has 0 spiro atoms. The normalized spacial score (nSPS) is 27.2. The van der Waals surface area contributed by atoms with Crippen LogP contribution in [0.2, 0.25) is 0 Å². The van der Waals surface area contributed by atoms with Crippen LogP contribution in [0.15, 0.2) is 4.99 Å². The Balaban J connectivity index is 1.84. The molecule has 0 bridgehead atoms. The van der Waals surface area contributed by atoms with Gasteiger partial charge in [-0.2, -0.15) is 0 Å². The first-order valence-electron chi connectivity index (χ1n) is 4.76. The third kappa shape index (κ3) is 1.77. The molecule has 0 aromatic carbocycles. The van der Waals surface area contributed by atoms with Crippen molar-refractivity contribution in [1.82, 2.24) is 4.90 Å². The second-order valence-corrected chi connectivity index (χ2v) is 4.23. The summed E-state index contributed by atoms with van der Waals surface area (Å²) in [6.45, 7) is 3.82. The molecule has 0 radical (unpaired) electrons. The molecule has 2 aliphatic rings. The Morgan fingerprint density at radius 2 is 2.15 bits per heavy atom. The monoisotopic (exact) mass is 183 g/mol. The van der Waals surface area contributed by atoms with Gasteiger partial charge in [0.1, 0.15) is 5.60 Å². The topological polar surface area (TPSA) is 50.9 Å². The van der Waals surface area contributed by atoms with Crippen molar-refractivity contribution < 1.29 is 4.74 Å². The molecule has 4 nitrogen and oxygen atoms in total. The third-order valence-corrected chi connectivity index (χ3v) is 2.73. The quantitative estimate of drug-likeness (QED) is 0.491. The maximum Gasteiger partial charge on any atom is 0.191 e. The highest BCUT2D eigenvalue weighted by atomic mass is 16.5. The van der Waals surface area contributed by atoms with Crippen molar-refractivity contribution in [3.05, 3.63) is 0 Å². The molecule has 0 atom stereocenters. The SMILES string of the molecule is COC1(C)CN(C(N)=NC2CC2)C1. The summed E-state index contributed by atoms with van der Waals surface area (Å²) in [5, 5.41) is 0. The van der Waals surface area contributed by atoms with E-state index in [1.54, 1.807) is 7.11 Å². The lowest BCUT2D eigenvalue weighted by molar-refractivity contribution is -0.0833. The molecule has 2 rings (SSSR count). The summed E-state index contributed by atoms with van der Waals surface area (Å²) in [5.41, 5.74) is 5.81. The van der Waals surface area contributed by atoms with Crippen molar-refractivity contribution in [2.45, 2.75) is 31.4 Å². The van der Waals surface area contributed by atoms with Gasteiger partial charge in [-0.25, -0.2) is 4.99 Å². The van der Waals surface area contributed by atoms with Gasteiger partial charge >= 0.3 is 0 Å². The van der Waals surface area contributed by atoms with E-state index in [1.807, 2.05) is 0 Å². The van der Waals surface area contributed by atoms with Gasteiger partial charge in [-0.05, 0) is 19.8 Å². The van der Waals surface area contributed by atoms with E-state index in [0.717, 1.165) is 13.1 Å². The molecule has 1 saturated heterocycles. The molecule has 0 unspecified atom stereocenters. The van der Waals surface area contributed by atoms with Gasteiger partial charge in [0.05, 0.1) is 19.1 Å². The predicted octanol–water partition coefficient (Wildman–Crippen LogP) is 0.184. The van der Waals surface area contributed by atoms with E-state index < -0.39 is 0 Å². The average molecular weight is 183 g/mol. The molecule has 2 fully saturated rings. The Labute approximate surface area is 78.8 Å². The number of hydrogen-bond donors (Lipinski definition) is 1. The first-order valence-corrected chi connectivity index (χ1v) is 4.76. The van der Waals surface area contributed by atoms with Gasteiger partial charge in [0.2, 0.25) is 0 Å². The summed E-state index contributed by atoms with van der Waals surface area (Å²) in [4.78, 5) is 6.45. The number of guanidine groups is 1. The minimum absolute atomic E-state index is 0.0102. The molecule has 0 aromatic heterocycles. The molecule has 4 heteroatoms. The number of nitrogens with two attached hydrogens (primary N) is 1. The van der Waals surface area contributed by atoms with E-state index in [0.29, 0.717) is 12.0 Å². The van der Waals surface area contributed by atoms with Crippen LogP contribution in [0.5, 0.6) is 0 Å². The Bertz CT molecular complexity index is 229. The average Bonchev–Trinajstić information content (AvgIpc) is 2.82. The molecule has 0 amide bonds. The lowest BCUT2D eigenvalue weighted by atomic mass is 9.97. The summed E-state index contributed by atoms with van der Waals surface area (Å²) in [7, 11) is 1.74. The Morgan fingerprint density at radius 1 is 1.54 bits per heavy atom. The zero-order valence-electron chi connectivity index (χ0n) is 8.29. The first-order chi connectivity index (χ1) is 6.13. The van der Waals surface area contributed by atoms with Gasteiger partial charge < -0.3 is 15.4 Å². The second-order valence-electron chi connectivity index (χ2n) is 4.23. The maximum absolute atomic E-state index is 5.82. The van der Waals surface area contributed by atoms with Crippen molar-refractivity contribution in [2.75, 3.05) is 20.2 Å². The predicted molar refractivity (Wildman–Crippen MR) is 51.6 cm³/mol. The van der Waals surface area contributed by atoms with Crippen LogP contribution >= 0.6 is 0 Å². The van der Waals surface area contributed by atoms with E-state index in [1.165, 1.54) is 12.8 Å². The number of likely N-dealkylation sites (tertiary alicyclic amines) is 1. The van der Waals surface area contributed by atoms with Crippen LogP contribution in [-0.2, 0) is 4.74 Å². The number of ether oxygens (including phenoxy) is 1. The van der Waals surface area contributed by atoms with Gasteiger partial charge in [-0.15, -0.1) is 0 Å². The molecule has 74 valence electrons. The van der Waals surface area contributed by atoms with Gasteiger partial charge in [0.15, 0.2) is 5.96 Å². The van der Waals surface area contributed by atoms with Crippen LogP contribution in [-0.4, -0.2) is 42.7 Å². The Morgan fingerprint density at radius 3 is 2.62 bits per heavy atom. The van der Waals surface area contributed by atoms with Crippen molar-refractivity contribution in [2.24, 2.45) is 10.7 Å². The van der Waals surface area contributed by atoms with Crippen LogP contribution < -0.4 is 5.73 Å². The summed E-state index contributed by atoms with van der Waals surface area (Å²) in [5.74, 6) is 0.692. The highest BCUT2D eigenvalue weighted by molar-refractivity contribution is 5.79. The molecular formula is C9H17N3O. The molecule has 1 aliphatic carbocycles. The highest BCUT2D eigenvalue weighted by Crippen LogP contribution is 2.26. The van der Waals surface area contributed by atoms with E-state index >= 15 is 0 Å². The molecule has 1 saturated carbocycles. The largest absolute Gasteiger partial charge is 0.375 e. The minimum Gasteiger partial charge on any atom is -0.375 e. The zero-order chi connectivity index (χ0) is 9.47. The number of methoxy groups -OCH3 is 1. The van der Waals surface area contributed by atoms with Crippen molar-refractivity contribution >= 4 is 5.96 Å². The minimum atomic E-state index is -0.0102. The summed E-state index contributed by atoms with van der Waals surface area (Å²) in [6, 6.07) is 0.509. The summed E-state index contributed by atoms with van der Waals surface area (Å²) < 4.78 is 5.32. The lowest BCUT2D eigenvalue weighted by Gasteiger charge is -2.47. The fourth-order valence-electron chi connectivity index (χ4n) is 1.52. The fraction of sp³-hybridized carbons (Fsp3) is 0.889. The van der Waals surface area contributed by atoms with Crippen molar-refractivity contribution in [3.63, 3.8) is 0 Å². The smallest absolute Gasteiger partial charge is 0.191 e. The summed E-state index contributed by atoms with van der Waals surface area (Å²) in [6.07, 6.45) is 2.41. The van der Waals surface area contributed by atoms with Crippen molar-refractivity contribution in [1.29, 1.82) is 0 Å².